The van der Waals surface area contributed by atoms with E-state index in [9.17, 15) is 18.0 Å². The number of halogens is 3. The Morgan fingerprint density at radius 3 is 2.64 bits per heavy atom. The summed E-state index contributed by atoms with van der Waals surface area (Å²) in [6.07, 6.45) is -2.47. The third-order valence-corrected chi connectivity index (χ3v) is 1.63. The molecule has 0 fully saturated rings. The fraction of sp³-hybridized carbons (Fsp3) is 0.375. The SMILES string of the molecule is O=C(c1ccn(CCO)c1)C(F)(F)F. The molecular formula is C8H8F3NO2. The number of carbonyl (C=O) groups excluding carboxylic acids is 1. The van der Waals surface area contributed by atoms with Crippen molar-refractivity contribution in [1.29, 1.82) is 0 Å². The number of aliphatic hydroxyl groups is 1. The fourth-order valence-corrected chi connectivity index (χ4v) is 0.993. The molecule has 1 heterocycles. The summed E-state index contributed by atoms with van der Waals surface area (Å²) < 4.78 is 37.1. The number of hydrogen-bond acceptors (Lipinski definition) is 2. The Hall–Kier alpha value is -1.30. The van der Waals surface area contributed by atoms with Crippen LogP contribution in [0.25, 0.3) is 0 Å². The standard InChI is InChI=1S/C8H8F3NO2/c9-8(10,11)7(14)6-1-2-12(5-6)3-4-13/h1-2,5,13H,3-4H2. The normalized spacial score (nSPS) is 11.7. The van der Waals surface area contributed by atoms with Crippen LogP contribution < -0.4 is 0 Å². The van der Waals surface area contributed by atoms with Gasteiger partial charge in [-0.25, -0.2) is 0 Å². The Morgan fingerprint density at radius 2 is 2.14 bits per heavy atom. The molecule has 1 aromatic rings. The van der Waals surface area contributed by atoms with Crippen molar-refractivity contribution in [2.45, 2.75) is 12.7 Å². The van der Waals surface area contributed by atoms with Gasteiger partial charge in [-0.15, -0.1) is 0 Å². The van der Waals surface area contributed by atoms with E-state index in [0.29, 0.717) is 0 Å². The van der Waals surface area contributed by atoms with Gasteiger partial charge in [0.1, 0.15) is 0 Å². The van der Waals surface area contributed by atoms with E-state index in [4.69, 9.17) is 5.11 Å². The minimum Gasteiger partial charge on any atom is -0.395 e. The maximum absolute atomic E-state index is 11.9. The molecule has 0 radical (unpaired) electrons. The number of ketones is 1. The summed E-state index contributed by atoms with van der Waals surface area (Å²) in [7, 11) is 0. The molecule has 0 aromatic carbocycles. The number of rotatable bonds is 3. The Labute approximate surface area is 77.8 Å². The predicted octanol–water partition coefficient (Wildman–Crippen LogP) is 1.23. The summed E-state index contributed by atoms with van der Waals surface area (Å²) in [4.78, 5) is 10.7. The lowest BCUT2D eigenvalue weighted by Crippen LogP contribution is -2.22. The Bertz CT molecular complexity index is 330. The zero-order chi connectivity index (χ0) is 10.8. The number of carbonyl (C=O) groups is 1. The van der Waals surface area contributed by atoms with Crippen LogP contribution in [-0.4, -0.2) is 28.2 Å². The summed E-state index contributed by atoms with van der Waals surface area (Å²) in [5.41, 5.74) is -0.411. The van der Waals surface area contributed by atoms with Crippen LogP contribution >= 0.6 is 0 Å². The van der Waals surface area contributed by atoms with Crippen LogP contribution in [-0.2, 0) is 6.54 Å². The lowest BCUT2D eigenvalue weighted by atomic mass is 10.2. The topological polar surface area (TPSA) is 42.2 Å². The molecule has 0 amide bonds. The van der Waals surface area contributed by atoms with Crippen LogP contribution in [0.2, 0.25) is 0 Å². The zero-order valence-electron chi connectivity index (χ0n) is 7.08. The number of aliphatic hydroxyl groups excluding tert-OH is 1. The Kier molecular flexibility index (Phi) is 2.95. The molecule has 78 valence electrons. The average Bonchev–Trinajstić information content (AvgIpc) is 2.50. The molecule has 0 saturated heterocycles. The molecular weight excluding hydrogens is 199 g/mol. The van der Waals surface area contributed by atoms with Gasteiger partial charge in [0.25, 0.3) is 5.78 Å². The van der Waals surface area contributed by atoms with Crippen molar-refractivity contribution >= 4 is 5.78 Å². The molecule has 0 aliphatic rings. The van der Waals surface area contributed by atoms with Crippen LogP contribution in [0.3, 0.4) is 0 Å². The molecule has 0 aliphatic carbocycles. The monoisotopic (exact) mass is 207 g/mol. The average molecular weight is 207 g/mol. The van der Waals surface area contributed by atoms with Crippen LogP contribution in [0, 0.1) is 0 Å². The lowest BCUT2D eigenvalue weighted by molar-refractivity contribution is -0.0885. The van der Waals surface area contributed by atoms with E-state index in [-0.39, 0.29) is 13.2 Å². The van der Waals surface area contributed by atoms with Crippen molar-refractivity contribution in [1.82, 2.24) is 4.57 Å². The number of nitrogens with zero attached hydrogens (tertiary/aromatic N) is 1. The number of hydrogen-bond donors (Lipinski definition) is 1. The molecule has 1 N–H and O–H groups in total. The second-order valence-electron chi connectivity index (χ2n) is 2.69. The van der Waals surface area contributed by atoms with Crippen LogP contribution in [0.15, 0.2) is 18.5 Å². The summed E-state index contributed by atoms with van der Waals surface area (Å²) in [5, 5.41) is 8.50. The van der Waals surface area contributed by atoms with E-state index in [1.165, 1.54) is 10.8 Å². The highest BCUT2D eigenvalue weighted by atomic mass is 19.4. The highest BCUT2D eigenvalue weighted by molar-refractivity contribution is 6.00. The molecule has 0 atom stereocenters. The molecule has 1 rings (SSSR count). The third kappa shape index (κ3) is 2.35. The summed E-state index contributed by atoms with van der Waals surface area (Å²) in [5.74, 6) is -1.87. The zero-order valence-corrected chi connectivity index (χ0v) is 7.08. The first-order valence-electron chi connectivity index (χ1n) is 3.83. The molecule has 3 nitrogen and oxygen atoms in total. The summed E-state index contributed by atoms with van der Waals surface area (Å²) in [6.45, 7) is -0.0144. The second-order valence-corrected chi connectivity index (χ2v) is 2.69. The smallest absolute Gasteiger partial charge is 0.395 e. The molecule has 0 spiro atoms. The minimum atomic E-state index is -4.84. The van der Waals surface area contributed by atoms with Crippen molar-refractivity contribution < 1.29 is 23.1 Å². The Balaban J connectivity index is 2.82. The van der Waals surface area contributed by atoms with Gasteiger partial charge in [0.2, 0.25) is 0 Å². The van der Waals surface area contributed by atoms with Crippen molar-refractivity contribution in [3.8, 4) is 0 Å². The van der Waals surface area contributed by atoms with Gasteiger partial charge < -0.3 is 9.67 Å². The van der Waals surface area contributed by atoms with Crippen molar-refractivity contribution in [2.24, 2.45) is 0 Å². The number of aromatic nitrogens is 1. The fourth-order valence-electron chi connectivity index (χ4n) is 0.993. The van der Waals surface area contributed by atoms with E-state index < -0.39 is 17.5 Å². The largest absolute Gasteiger partial charge is 0.454 e. The molecule has 0 saturated carbocycles. The van der Waals surface area contributed by atoms with E-state index in [2.05, 4.69) is 0 Å². The van der Waals surface area contributed by atoms with Gasteiger partial charge in [-0.1, -0.05) is 0 Å². The molecule has 14 heavy (non-hydrogen) atoms. The van der Waals surface area contributed by atoms with Gasteiger partial charge >= 0.3 is 6.18 Å². The van der Waals surface area contributed by atoms with Crippen LogP contribution in [0.4, 0.5) is 13.2 Å². The highest BCUT2D eigenvalue weighted by Crippen LogP contribution is 2.21. The van der Waals surface area contributed by atoms with E-state index in [1.807, 2.05) is 0 Å². The maximum atomic E-state index is 11.9. The van der Waals surface area contributed by atoms with E-state index >= 15 is 0 Å². The van der Waals surface area contributed by atoms with Gasteiger partial charge in [0, 0.05) is 24.5 Å². The molecule has 1 aromatic heterocycles. The number of Topliss-reactive ketones (excluding diaryl/α,β-unsaturated/α-hetero) is 1. The first-order valence-corrected chi connectivity index (χ1v) is 3.83. The van der Waals surface area contributed by atoms with Crippen LogP contribution in [0.5, 0.6) is 0 Å². The van der Waals surface area contributed by atoms with Crippen LogP contribution in [0.1, 0.15) is 10.4 Å². The quantitative estimate of drug-likeness (QED) is 0.757. The van der Waals surface area contributed by atoms with Gasteiger partial charge in [-0.3, -0.25) is 4.79 Å². The molecule has 0 aliphatic heterocycles. The van der Waals surface area contributed by atoms with E-state index in [1.54, 1.807) is 0 Å². The molecule has 6 heteroatoms. The van der Waals surface area contributed by atoms with Crippen molar-refractivity contribution in [2.75, 3.05) is 6.61 Å². The van der Waals surface area contributed by atoms with Crippen molar-refractivity contribution in [3.05, 3.63) is 24.0 Å². The minimum absolute atomic E-state index is 0.172. The van der Waals surface area contributed by atoms with E-state index in [0.717, 1.165) is 12.3 Å². The molecule has 0 bridgehead atoms. The molecule has 0 unspecified atom stereocenters. The number of alkyl halides is 3. The highest BCUT2D eigenvalue weighted by Gasteiger charge is 2.39. The van der Waals surface area contributed by atoms with Gasteiger partial charge in [-0.05, 0) is 6.07 Å². The second kappa shape index (κ2) is 3.83. The maximum Gasteiger partial charge on any atom is 0.454 e. The first kappa shape index (κ1) is 10.8. The van der Waals surface area contributed by atoms with Crippen molar-refractivity contribution in [3.63, 3.8) is 0 Å². The van der Waals surface area contributed by atoms with Gasteiger partial charge in [0.15, 0.2) is 0 Å². The Morgan fingerprint density at radius 1 is 1.50 bits per heavy atom. The summed E-state index contributed by atoms with van der Waals surface area (Å²) in [6, 6.07) is 1.07. The summed E-state index contributed by atoms with van der Waals surface area (Å²) >= 11 is 0. The first-order chi connectivity index (χ1) is 6.45. The van der Waals surface area contributed by atoms with Gasteiger partial charge in [-0.2, -0.15) is 13.2 Å². The van der Waals surface area contributed by atoms with Gasteiger partial charge in [0.05, 0.1) is 6.61 Å². The lowest BCUT2D eigenvalue weighted by Gasteiger charge is -2.02. The predicted molar refractivity (Wildman–Crippen MR) is 41.9 cm³/mol. The third-order valence-electron chi connectivity index (χ3n) is 1.63.